The molecule has 2 aromatic heterocycles. The monoisotopic (exact) mass is 411 g/mol. The molecule has 1 unspecified atom stereocenters. The van der Waals surface area contributed by atoms with E-state index in [4.69, 9.17) is 17.3 Å². The molecule has 0 aromatic carbocycles. The number of aryl methyl sites for hydroxylation is 2. The number of hydrogen-bond donors (Lipinski definition) is 1. The molecule has 1 atom stereocenters. The first-order chi connectivity index (χ1) is 8.40. The van der Waals surface area contributed by atoms with Crippen LogP contribution in [-0.4, -0.2) is 9.78 Å². The highest BCUT2D eigenvalue weighted by molar-refractivity contribution is 9.13. The molecule has 3 nitrogen and oxygen atoms in total. The zero-order valence-corrected chi connectivity index (χ0v) is 14.6. The van der Waals surface area contributed by atoms with Crippen LogP contribution in [0.25, 0.3) is 0 Å². The van der Waals surface area contributed by atoms with Crippen LogP contribution in [-0.2, 0) is 13.5 Å². The van der Waals surface area contributed by atoms with E-state index in [1.165, 1.54) is 0 Å². The number of rotatable bonds is 3. The molecule has 0 fully saturated rings. The number of aromatic nitrogens is 2. The zero-order chi connectivity index (χ0) is 13.4. The van der Waals surface area contributed by atoms with Crippen molar-refractivity contribution in [1.29, 1.82) is 0 Å². The van der Waals surface area contributed by atoms with Crippen LogP contribution in [0.5, 0.6) is 0 Å². The fourth-order valence-electron chi connectivity index (χ4n) is 1.76. The number of nitrogens with two attached hydrogens (primary N) is 1. The van der Waals surface area contributed by atoms with Crippen molar-refractivity contribution in [3.8, 4) is 0 Å². The Morgan fingerprint density at radius 1 is 1.56 bits per heavy atom. The third-order valence-electron chi connectivity index (χ3n) is 2.70. The highest BCUT2D eigenvalue weighted by atomic mass is 79.9. The average Bonchev–Trinajstić information content (AvgIpc) is 2.75. The number of thiophene rings is 1. The zero-order valence-electron chi connectivity index (χ0n) is 9.88. The number of halogens is 3. The van der Waals surface area contributed by atoms with E-state index in [0.29, 0.717) is 11.4 Å². The molecule has 0 aliphatic heterocycles. The first-order valence-corrected chi connectivity index (χ1v) is 8.06. The number of hydrogen-bond acceptors (Lipinski definition) is 3. The first kappa shape index (κ1) is 14.5. The second kappa shape index (κ2) is 5.63. The molecule has 0 amide bonds. The molecule has 18 heavy (non-hydrogen) atoms. The van der Waals surface area contributed by atoms with E-state index in [9.17, 15) is 0 Å². The van der Waals surface area contributed by atoms with Gasteiger partial charge in [-0.05, 0) is 44.8 Å². The smallest absolute Gasteiger partial charge is 0.0847 e. The lowest BCUT2D eigenvalue weighted by atomic mass is 10.1. The van der Waals surface area contributed by atoms with Crippen LogP contribution in [0.3, 0.4) is 0 Å². The number of nitrogens with zero attached hydrogens (tertiary/aromatic N) is 2. The third kappa shape index (κ3) is 2.82. The second-order valence-electron chi connectivity index (χ2n) is 4.05. The molecular weight excluding hydrogens is 401 g/mol. The largest absolute Gasteiger partial charge is 0.323 e. The lowest BCUT2D eigenvalue weighted by Gasteiger charge is -2.10. The minimum Gasteiger partial charge on any atom is -0.323 e. The Kier molecular flexibility index (Phi) is 4.54. The van der Waals surface area contributed by atoms with Gasteiger partial charge in [0.25, 0.3) is 0 Å². The van der Waals surface area contributed by atoms with Crippen molar-refractivity contribution in [2.24, 2.45) is 12.8 Å². The van der Waals surface area contributed by atoms with Gasteiger partial charge in [0, 0.05) is 28.9 Å². The van der Waals surface area contributed by atoms with E-state index >= 15 is 0 Å². The van der Waals surface area contributed by atoms with Gasteiger partial charge in [-0.15, -0.1) is 11.3 Å². The van der Waals surface area contributed by atoms with Crippen LogP contribution in [0.1, 0.15) is 22.3 Å². The summed E-state index contributed by atoms with van der Waals surface area (Å²) in [6.07, 6.45) is 0.676. The van der Waals surface area contributed by atoms with Crippen LogP contribution in [0.2, 0.25) is 5.02 Å². The molecule has 0 radical (unpaired) electrons. The lowest BCUT2D eigenvalue weighted by Crippen LogP contribution is -2.14. The molecule has 0 aliphatic carbocycles. The summed E-state index contributed by atoms with van der Waals surface area (Å²) in [4.78, 5) is 1.11. The average molecular weight is 414 g/mol. The summed E-state index contributed by atoms with van der Waals surface area (Å²) in [6.45, 7) is 1.90. The maximum Gasteiger partial charge on any atom is 0.0847 e. The summed E-state index contributed by atoms with van der Waals surface area (Å²) in [7, 11) is 1.89. The van der Waals surface area contributed by atoms with Gasteiger partial charge in [0.05, 0.1) is 20.2 Å². The molecule has 2 rings (SSSR count). The molecule has 0 bridgehead atoms. The Labute approximate surface area is 132 Å². The summed E-state index contributed by atoms with van der Waals surface area (Å²) in [5, 5.41) is 5.00. The predicted octanol–water partition coefficient (Wildman–Crippen LogP) is 4.21. The lowest BCUT2D eigenvalue weighted by molar-refractivity contribution is 0.646. The van der Waals surface area contributed by atoms with Crippen LogP contribution in [0.4, 0.5) is 0 Å². The fourth-order valence-corrected chi connectivity index (χ4v) is 4.09. The molecule has 0 spiro atoms. The predicted molar refractivity (Wildman–Crippen MR) is 83.3 cm³/mol. The van der Waals surface area contributed by atoms with Gasteiger partial charge in [0.15, 0.2) is 0 Å². The second-order valence-corrected chi connectivity index (χ2v) is 7.68. The van der Waals surface area contributed by atoms with E-state index in [-0.39, 0.29) is 6.04 Å². The molecule has 2 N–H and O–H groups in total. The van der Waals surface area contributed by atoms with Gasteiger partial charge in [-0.1, -0.05) is 11.6 Å². The molecule has 0 aliphatic rings. The molecule has 2 heterocycles. The topological polar surface area (TPSA) is 43.8 Å². The summed E-state index contributed by atoms with van der Waals surface area (Å²) in [5.41, 5.74) is 8.04. The quantitative estimate of drug-likeness (QED) is 0.819. The van der Waals surface area contributed by atoms with Crippen molar-refractivity contribution in [2.75, 3.05) is 0 Å². The minimum absolute atomic E-state index is 0.0788. The van der Waals surface area contributed by atoms with Crippen molar-refractivity contribution in [3.63, 3.8) is 0 Å². The van der Waals surface area contributed by atoms with Crippen molar-refractivity contribution in [3.05, 3.63) is 35.6 Å². The van der Waals surface area contributed by atoms with E-state index < -0.39 is 0 Å². The van der Waals surface area contributed by atoms with Gasteiger partial charge in [-0.25, -0.2) is 0 Å². The Hall–Kier alpha value is 0.120. The maximum absolute atomic E-state index is 6.23. The molecule has 2 aromatic rings. The molecule has 0 saturated heterocycles. The van der Waals surface area contributed by atoms with Gasteiger partial charge in [-0.3, -0.25) is 4.68 Å². The first-order valence-electron chi connectivity index (χ1n) is 5.28. The summed E-state index contributed by atoms with van der Waals surface area (Å²) in [6, 6.07) is 1.96. The van der Waals surface area contributed by atoms with Crippen molar-refractivity contribution in [1.82, 2.24) is 9.78 Å². The SMILES string of the molecule is Cc1nn(C)c(CC(N)c2cc(Br)c(Br)s2)c1Cl. The maximum atomic E-state index is 6.23. The Morgan fingerprint density at radius 2 is 2.22 bits per heavy atom. The standard InChI is InChI=1S/C11H12Br2ClN3S/c1-5-10(14)8(17(2)16-5)4-7(15)9-3-6(12)11(13)18-9/h3,7H,4,15H2,1-2H3. The molecule has 7 heteroatoms. The Balaban J connectivity index is 2.23. The Bertz CT molecular complexity index is 560. The fraction of sp³-hybridized carbons (Fsp3) is 0.364. The van der Waals surface area contributed by atoms with Gasteiger partial charge >= 0.3 is 0 Å². The normalized spacial score (nSPS) is 13.0. The van der Waals surface area contributed by atoms with Gasteiger partial charge < -0.3 is 5.73 Å². The van der Waals surface area contributed by atoms with Crippen LogP contribution in [0.15, 0.2) is 14.3 Å². The van der Waals surface area contributed by atoms with Crippen LogP contribution < -0.4 is 5.73 Å². The van der Waals surface area contributed by atoms with Crippen molar-refractivity contribution in [2.45, 2.75) is 19.4 Å². The van der Waals surface area contributed by atoms with Crippen LogP contribution in [0, 0.1) is 6.92 Å². The van der Waals surface area contributed by atoms with Gasteiger partial charge in [-0.2, -0.15) is 5.10 Å². The summed E-state index contributed by atoms with van der Waals surface area (Å²) < 4.78 is 3.89. The van der Waals surface area contributed by atoms with Gasteiger partial charge in [0.2, 0.25) is 0 Å². The molecule has 98 valence electrons. The Morgan fingerprint density at radius 3 is 2.67 bits per heavy atom. The molecular formula is C11H12Br2ClN3S. The van der Waals surface area contributed by atoms with Crippen molar-refractivity contribution < 1.29 is 0 Å². The van der Waals surface area contributed by atoms with Crippen molar-refractivity contribution >= 4 is 54.8 Å². The van der Waals surface area contributed by atoms with E-state index in [0.717, 1.165) is 24.5 Å². The van der Waals surface area contributed by atoms with E-state index in [2.05, 4.69) is 37.0 Å². The van der Waals surface area contributed by atoms with E-state index in [1.54, 1.807) is 16.0 Å². The van der Waals surface area contributed by atoms with Gasteiger partial charge in [0.1, 0.15) is 0 Å². The summed E-state index contributed by atoms with van der Waals surface area (Å²) in [5.74, 6) is 0. The third-order valence-corrected chi connectivity index (χ3v) is 6.58. The minimum atomic E-state index is -0.0788. The molecule has 0 saturated carbocycles. The highest BCUT2D eigenvalue weighted by Gasteiger charge is 2.18. The highest BCUT2D eigenvalue weighted by Crippen LogP contribution is 2.36. The van der Waals surface area contributed by atoms with E-state index in [1.807, 2.05) is 20.0 Å². The van der Waals surface area contributed by atoms with Crippen LogP contribution >= 0.6 is 54.8 Å². The summed E-state index contributed by atoms with van der Waals surface area (Å²) >= 11 is 14.8.